The highest BCUT2D eigenvalue weighted by Crippen LogP contribution is 2.34. The summed E-state index contributed by atoms with van der Waals surface area (Å²) in [5.41, 5.74) is 2.02. The molecular formula is C35H49N3O4. The quantitative estimate of drug-likeness (QED) is 0.216. The number of hydrogen-bond acceptors (Lipinski definition) is 4. The standard InChI is InChI=1S/C35H49N3O4/c1-35(2,23-34(41)37-19-17-29(18-20-37)21-28-11-5-3-6-12-28)26-36-33(40)22-32(31-15-9-10-16-31)24-38(27-39)42-25-30-13-7-4-8-14-30/h3-8,11-14,27,29,31-32H,9-10,15-26H2,1-2H3,(H,36,40). The highest BCUT2D eigenvalue weighted by atomic mass is 16.7. The third-order valence-electron chi connectivity index (χ3n) is 9.01. The topological polar surface area (TPSA) is 79.0 Å². The fourth-order valence-corrected chi connectivity index (χ4v) is 6.46. The first-order valence-corrected chi connectivity index (χ1v) is 15.8. The molecular weight excluding hydrogens is 526 g/mol. The first-order chi connectivity index (χ1) is 20.3. The minimum Gasteiger partial charge on any atom is -0.356 e. The number of nitrogens with one attached hydrogen (secondary N) is 1. The van der Waals surface area contributed by atoms with E-state index in [1.54, 1.807) is 0 Å². The number of carbonyl (C=O) groups is 3. The van der Waals surface area contributed by atoms with Crippen LogP contribution in [0.5, 0.6) is 0 Å². The first-order valence-electron chi connectivity index (χ1n) is 15.8. The van der Waals surface area contributed by atoms with Gasteiger partial charge in [-0.25, -0.2) is 5.06 Å². The Balaban J connectivity index is 1.21. The van der Waals surface area contributed by atoms with Crippen molar-refractivity contribution in [3.63, 3.8) is 0 Å². The van der Waals surface area contributed by atoms with Crippen LogP contribution in [0.15, 0.2) is 60.7 Å². The zero-order valence-corrected chi connectivity index (χ0v) is 25.5. The predicted octanol–water partition coefficient (Wildman–Crippen LogP) is 5.79. The Labute approximate surface area is 251 Å². The van der Waals surface area contributed by atoms with Gasteiger partial charge in [-0.15, -0.1) is 0 Å². The average Bonchev–Trinajstić information content (AvgIpc) is 3.54. The molecule has 1 N–H and O–H groups in total. The molecule has 42 heavy (non-hydrogen) atoms. The van der Waals surface area contributed by atoms with Gasteiger partial charge in [-0.05, 0) is 53.6 Å². The van der Waals surface area contributed by atoms with E-state index in [4.69, 9.17) is 4.84 Å². The maximum Gasteiger partial charge on any atom is 0.233 e. The second kappa shape index (κ2) is 15.9. The molecule has 4 rings (SSSR count). The molecule has 2 aliphatic rings. The highest BCUT2D eigenvalue weighted by Gasteiger charge is 2.31. The van der Waals surface area contributed by atoms with Gasteiger partial charge in [0, 0.05) is 32.5 Å². The molecule has 0 radical (unpaired) electrons. The molecule has 1 aliphatic carbocycles. The summed E-state index contributed by atoms with van der Waals surface area (Å²) in [4.78, 5) is 45.9. The minimum absolute atomic E-state index is 0.0249. The molecule has 2 aromatic carbocycles. The Kier molecular flexibility index (Phi) is 12.0. The molecule has 1 saturated carbocycles. The summed E-state index contributed by atoms with van der Waals surface area (Å²) >= 11 is 0. The highest BCUT2D eigenvalue weighted by molar-refractivity contribution is 5.78. The summed E-state index contributed by atoms with van der Waals surface area (Å²) in [6, 6.07) is 20.4. The summed E-state index contributed by atoms with van der Waals surface area (Å²) in [6.45, 7) is 6.87. The van der Waals surface area contributed by atoms with Crippen LogP contribution in [0.25, 0.3) is 0 Å². The van der Waals surface area contributed by atoms with Crippen LogP contribution in [0.4, 0.5) is 0 Å². The Bertz CT molecular complexity index is 1110. The molecule has 1 unspecified atom stereocenters. The molecule has 1 aliphatic heterocycles. The van der Waals surface area contributed by atoms with Gasteiger partial charge in [0.25, 0.3) is 0 Å². The van der Waals surface area contributed by atoms with Crippen LogP contribution in [0.1, 0.15) is 76.3 Å². The number of carbonyl (C=O) groups excluding carboxylic acids is 3. The summed E-state index contributed by atoms with van der Waals surface area (Å²) in [6.07, 6.45) is 9.10. The average molecular weight is 576 g/mol. The van der Waals surface area contributed by atoms with Crippen LogP contribution in [0, 0.1) is 23.2 Å². The normalized spacial score (nSPS) is 17.1. The maximum absolute atomic E-state index is 13.2. The van der Waals surface area contributed by atoms with Crippen molar-refractivity contribution < 1.29 is 19.2 Å². The number of likely N-dealkylation sites (tertiary alicyclic amines) is 1. The van der Waals surface area contributed by atoms with Crippen LogP contribution < -0.4 is 5.32 Å². The molecule has 2 fully saturated rings. The van der Waals surface area contributed by atoms with Crippen LogP contribution in [-0.2, 0) is 32.2 Å². The monoisotopic (exact) mass is 575 g/mol. The molecule has 7 nitrogen and oxygen atoms in total. The number of piperidine rings is 1. The zero-order valence-electron chi connectivity index (χ0n) is 25.5. The third kappa shape index (κ3) is 10.3. The van der Waals surface area contributed by atoms with E-state index in [9.17, 15) is 14.4 Å². The summed E-state index contributed by atoms with van der Waals surface area (Å²) in [5.74, 6) is 1.21. The van der Waals surface area contributed by atoms with Gasteiger partial charge in [-0.1, -0.05) is 100 Å². The molecule has 3 amide bonds. The molecule has 2 aromatic rings. The molecule has 1 heterocycles. The van der Waals surface area contributed by atoms with E-state index in [-0.39, 0.29) is 23.1 Å². The van der Waals surface area contributed by atoms with Gasteiger partial charge >= 0.3 is 0 Å². The van der Waals surface area contributed by atoms with E-state index in [2.05, 4.69) is 29.6 Å². The Morgan fingerprint density at radius 2 is 1.60 bits per heavy atom. The number of hydrogen-bond donors (Lipinski definition) is 1. The minimum atomic E-state index is -0.343. The molecule has 228 valence electrons. The van der Waals surface area contributed by atoms with Gasteiger partial charge in [0.15, 0.2) is 0 Å². The van der Waals surface area contributed by atoms with Crippen molar-refractivity contribution >= 4 is 18.2 Å². The lowest BCUT2D eigenvalue weighted by Crippen LogP contribution is -2.43. The van der Waals surface area contributed by atoms with Crippen molar-refractivity contribution in [3.05, 3.63) is 71.8 Å². The second-order valence-electron chi connectivity index (χ2n) is 13.1. The largest absolute Gasteiger partial charge is 0.356 e. The molecule has 7 heteroatoms. The Morgan fingerprint density at radius 3 is 2.21 bits per heavy atom. The third-order valence-corrected chi connectivity index (χ3v) is 9.01. The van der Waals surface area contributed by atoms with Gasteiger partial charge in [-0.2, -0.15) is 0 Å². The Hall–Kier alpha value is -3.19. The molecule has 1 atom stereocenters. The lowest BCUT2D eigenvalue weighted by molar-refractivity contribution is -0.183. The van der Waals surface area contributed by atoms with Crippen LogP contribution in [-0.4, -0.2) is 54.4 Å². The van der Waals surface area contributed by atoms with E-state index in [0.717, 1.165) is 70.0 Å². The van der Waals surface area contributed by atoms with Crippen molar-refractivity contribution in [2.45, 2.75) is 78.2 Å². The molecule has 1 saturated heterocycles. The summed E-state index contributed by atoms with van der Waals surface area (Å²) in [5, 5.41) is 4.47. The van der Waals surface area contributed by atoms with Gasteiger partial charge in [-0.3, -0.25) is 19.2 Å². The van der Waals surface area contributed by atoms with E-state index in [0.29, 0.717) is 44.4 Å². The van der Waals surface area contributed by atoms with Crippen LogP contribution in [0.2, 0.25) is 0 Å². The molecule has 0 bridgehead atoms. The fourth-order valence-electron chi connectivity index (χ4n) is 6.46. The van der Waals surface area contributed by atoms with E-state index >= 15 is 0 Å². The number of benzene rings is 2. The smallest absolute Gasteiger partial charge is 0.233 e. The number of nitrogens with zero attached hydrogens (tertiary/aromatic N) is 2. The number of hydroxylamine groups is 2. The lowest BCUT2D eigenvalue weighted by atomic mass is 9.86. The number of amides is 3. The maximum atomic E-state index is 13.2. The molecule has 0 aromatic heterocycles. The lowest BCUT2D eigenvalue weighted by Gasteiger charge is -2.35. The van der Waals surface area contributed by atoms with E-state index < -0.39 is 0 Å². The van der Waals surface area contributed by atoms with Gasteiger partial charge in [0.1, 0.15) is 6.61 Å². The van der Waals surface area contributed by atoms with E-state index in [1.807, 2.05) is 55.1 Å². The van der Waals surface area contributed by atoms with Crippen LogP contribution >= 0.6 is 0 Å². The van der Waals surface area contributed by atoms with Crippen molar-refractivity contribution in [2.24, 2.45) is 23.2 Å². The summed E-state index contributed by atoms with van der Waals surface area (Å²) in [7, 11) is 0. The van der Waals surface area contributed by atoms with Crippen molar-refractivity contribution in [2.75, 3.05) is 26.2 Å². The predicted molar refractivity (Wildman–Crippen MR) is 165 cm³/mol. The second-order valence-corrected chi connectivity index (χ2v) is 13.1. The molecule has 0 spiro atoms. The van der Waals surface area contributed by atoms with Crippen molar-refractivity contribution in [1.29, 1.82) is 0 Å². The summed E-state index contributed by atoms with van der Waals surface area (Å²) < 4.78 is 0. The zero-order chi connectivity index (χ0) is 29.8. The van der Waals surface area contributed by atoms with Gasteiger partial charge < -0.3 is 10.2 Å². The SMILES string of the molecule is CC(C)(CNC(=O)CC(CN(C=O)OCc1ccccc1)C1CCCC1)CC(=O)N1CCC(Cc2ccccc2)CC1. The Morgan fingerprint density at radius 1 is 0.976 bits per heavy atom. The van der Waals surface area contributed by atoms with Crippen molar-refractivity contribution in [3.8, 4) is 0 Å². The number of rotatable bonds is 15. The van der Waals surface area contributed by atoms with E-state index in [1.165, 1.54) is 10.6 Å². The van der Waals surface area contributed by atoms with Crippen molar-refractivity contribution in [1.82, 2.24) is 15.3 Å². The van der Waals surface area contributed by atoms with Gasteiger partial charge in [0.2, 0.25) is 18.2 Å². The fraction of sp³-hybridized carbons (Fsp3) is 0.571. The first kappa shape index (κ1) is 31.7. The van der Waals surface area contributed by atoms with Crippen LogP contribution in [0.3, 0.4) is 0 Å². The van der Waals surface area contributed by atoms with Gasteiger partial charge in [0.05, 0.1) is 6.54 Å².